The molecule has 124 valence electrons. The van der Waals surface area contributed by atoms with Crippen molar-refractivity contribution >= 4 is 11.9 Å². The highest BCUT2D eigenvalue weighted by Crippen LogP contribution is 2.19. The quantitative estimate of drug-likeness (QED) is 0.615. The molecule has 6 heteroatoms. The highest BCUT2D eigenvalue weighted by Gasteiger charge is 2.25. The predicted molar refractivity (Wildman–Crippen MR) is 81.9 cm³/mol. The monoisotopic (exact) mass is 321 g/mol. The first-order valence-electron chi connectivity index (χ1n) is 7.49. The molecule has 2 rings (SSSR count). The lowest BCUT2D eigenvalue weighted by Gasteiger charge is -2.33. The van der Waals surface area contributed by atoms with Gasteiger partial charge in [0.2, 0.25) is 5.91 Å². The highest BCUT2D eigenvalue weighted by atomic mass is 19.1. The molecule has 0 saturated carbocycles. The standard InChI is InChI=1S/C17H20FNO4/c1-22-17(21)7-6-16(20)19(14-8-10-23-11-9-14)12-13-4-2-3-5-15(13)18/h2-7,14H,8-12H2,1H3/b7-6+. The van der Waals surface area contributed by atoms with Crippen molar-refractivity contribution in [3.8, 4) is 0 Å². The van der Waals surface area contributed by atoms with Crippen molar-refractivity contribution in [2.45, 2.75) is 25.4 Å². The lowest BCUT2D eigenvalue weighted by molar-refractivity contribution is -0.136. The Morgan fingerprint density at radius 1 is 1.30 bits per heavy atom. The lowest BCUT2D eigenvalue weighted by Crippen LogP contribution is -2.42. The van der Waals surface area contributed by atoms with Gasteiger partial charge in [-0.25, -0.2) is 9.18 Å². The second-order valence-corrected chi connectivity index (χ2v) is 5.26. The van der Waals surface area contributed by atoms with Crippen LogP contribution in [0.3, 0.4) is 0 Å². The summed E-state index contributed by atoms with van der Waals surface area (Å²) in [7, 11) is 1.24. The number of methoxy groups -OCH3 is 1. The number of ether oxygens (including phenoxy) is 2. The Labute approximate surface area is 134 Å². The average molecular weight is 321 g/mol. The van der Waals surface area contributed by atoms with Gasteiger partial charge in [-0.2, -0.15) is 0 Å². The van der Waals surface area contributed by atoms with E-state index in [1.165, 1.54) is 19.3 Å². The van der Waals surface area contributed by atoms with Crippen molar-refractivity contribution in [3.05, 3.63) is 47.8 Å². The van der Waals surface area contributed by atoms with Gasteiger partial charge in [0.05, 0.1) is 7.11 Å². The van der Waals surface area contributed by atoms with E-state index in [2.05, 4.69) is 4.74 Å². The summed E-state index contributed by atoms with van der Waals surface area (Å²) in [5.41, 5.74) is 0.443. The van der Waals surface area contributed by atoms with Gasteiger partial charge in [0.15, 0.2) is 0 Å². The molecule has 1 heterocycles. The van der Waals surface area contributed by atoms with Gasteiger partial charge in [0.25, 0.3) is 0 Å². The molecule has 0 spiro atoms. The number of rotatable bonds is 5. The van der Waals surface area contributed by atoms with E-state index in [0.717, 1.165) is 6.08 Å². The van der Waals surface area contributed by atoms with Gasteiger partial charge in [0, 0.05) is 43.5 Å². The Hall–Kier alpha value is -2.21. The third-order valence-electron chi connectivity index (χ3n) is 3.78. The molecule has 1 aromatic carbocycles. The summed E-state index contributed by atoms with van der Waals surface area (Å²) in [6, 6.07) is 6.31. The molecule has 1 saturated heterocycles. The van der Waals surface area contributed by atoms with Crippen molar-refractivity contribution in [1.29, 1.82) is 0 Å². The number of hydrogen-bond acceptors (Lipinski definition) is 4. The van der Waals surface area contributed by atoms with E-state index in [4.69, 9.17) is 4.74 Å². The molecule has 0 radical (unpaired) electrons. The lowest BCUT2D eigenvalue weighted by atomic mass is 10.1. The SMILES string of the molecule is COC(=O)/C=C/C(=O)N(Cc1ccccc1F)C1CCOCC1. The Balaban J connectivity index is 2.17. The van der Waals surface area contributed by atoms with Gasteiger partial charge in [-0.3, -0.25) is 4.79 Å². The number of carbonyl (C=O) groups is 2. The van der Waals surface area contributed by atoms with E-state index in [1.54, 1.807) is 23.1 Å². The number of esters is 1. The number of benzene rings is 1. The molecule has 0 unspecified atom stereocenters. The van der Waals surface area contributed by atoms with Crippen LogP contribution in [0.2, 0.25) is 0 Å². The zero-order valence-electron chi connectivity index (χ0n) is 13.0. The van der Waals surface area contributed by atoms with E-state index in [-0.39, 0.29) is 24.3 Å². The van der Waals surface area contributed by atoms with Crippen LogP contribution >= 0.6 is 0 Å². The molecule has 0 aliphatic carbocycles. The molecular formula is C17H20FNO4. The number of carbonyl (C=O) groups excluding carboxylic acids is 2. The summed E-state index contributed by atoms with van der Waals surface area (Å²) in [5.74, 6) is -1.30. The molecular weight excluding hydrogens is 301 g/mol. The normalized spacial score (nSPS) is 15.6. The van der Waals surface area contributed by atoms with E-state index >= 15 is 0 Å². The summed E-state index contributed by atoms with van der Waals surface area (Å²) in [6.45, 7) is 1.28. The Morgan fingerprint density at radius 3 is 2.65 bits per heavy atom. The van der Waals surface area contributed by atoms with Crippen LogP contribution in [0.4, 0.5) is 4.39 Å². The minimum atomic E-state index is -0.601. The number of amides is 1. The molecule has 1 aliphatic rings. The zero-order valence-corrected chi connectivity index (χ0v) is 13.0. The van der Waals surface area contributed by atoms with Gasteiger partial charge in [0.1, 0.15) is 5.82 Å². The van der Waals surface area contributed by atoms with Gasteiger partial charge in [-0.15, -0.1) is 0 Å². The molecule has 23 heavy (non-hydrogen) atoms. The van der Waals surface area contributed by atoms with Crippen molar-refractivity contribution in [3.63, 3.8) is 0 Å². The second-order valence-electron chi connectivity index (χ2n) is 5.26. The first kappa shape index (κ1) is 17.1. The topological polar surface area (TPSA) is 55.8 Å². The molecule has 1 amide bonds. The summed E-state index contributed by atoms with van der Waals surface area (Å²) in [6.07, 6.45) is 3.62. The maximum absolute atomic E-state index is 13.9. The fourth-order valence-electron chi connectivity index (χ4n) is 2.50. The first-order valence-corrected chi connectivity index (χ1v) is 7.49. The smallest absolute Gasteiger partial charge is 0.330 e. The van der Waals surface area contributed by atoms with Crippen molar-refractivity contribution in [2.24, 2.45) is 0 Å². The average Bonchev–Trinajstić information content (AvgIpc) is 2.59. The maximum Gasteiger partial charge on any atom is 0.330 e. The van der Waals surface area contributed by atoms with Gasteiger partial charge in [-0.05, 0) is 18.9 Å². The Morgan fingerprint density at radius 2 is 2.00 bits per heavy atom. The molecule has 0 aromatic heterocycles. The molecule has 1 fully saturated rings. The summed E-state index contributed by atoms with van der Waals surface area (Å²) >= 11 is 0. The van der Waals surface area contributed by atoms with E-state index in [0.29, 0.717) is 31.6 Å². The minimum Gasteiger partial charge on any atom is -0.466 e. The molecule has 1 aliphatic heterocycles. The van der Waals surface area contributed by atoms with Crippen LogP contribution in [0, 0.1) is 5.82 Å². The third-order valence-corrected chi connectivity index (χ3v) is 3.78. The molecule has 0 atom stereocenters. The number of halogens is 1. The number of hydrogen-bond donors (Lipinski definition) is 0. The van der Waals surface area contributed by atoms with Gasteiger partial charge in [-0.1, -0.05) is 18.2 Å². The van der Waals surface area contributed by atoms with Crippen LogP contribution in [0.1, 0.15) is 18.4 Å². The van der Waals surface area contributed by atoms with Crippen LogP contribution in [0.5, 0.6) is 0 Å². The van der Waals surface area contributed by atoms with Crippen LogP contribution in [-0.4, -0.2) is 43.1 Å². The Bertz CT molecular complexity index is 582. The second kappa shape index (κ2) is 8.43. The minimum absolute atomic E-state index is 0.0434. The molecule has 1 aromatic rings. The van der Waals surface area contributed by atoms with Crippen LogP contribution in [0.15, 0.2) is 36.4 Å². The van der Waals surface area contributed by atoms with Gasteiger partial charge < -0.3 is 14.4 Å². The largest absolute Gasteiger partial charge is 0.466 e. The first-order chi connectivity index (χ1) is 11.1. The van der Waals surface area contributed by atoms with Crippen LogP contribution < -0.4 is 0 Å². The molecule has 0 bridgehead atoms. The fourth-order valence-corrected chi connectivity index (χ4v) is 2.50. The van der Waals surface area contributed by atoms with Crippen LogP contribution in [0.25, 0.3) is 0 Å². The number of nitrogens with zero attached hydrogens (tertiary/aromatic N) is 1. The van der Waals surface area contributed by atoms with E-state index in [1.807, 2.05) is 0 Å². The molecule has 0 N–H and O–H groups in total. The summed E-state index contributed by atoms with van der Waals surface area (Å²) in [4.78, 5) is 25.2. The molecule has 5 nitrogen and oxygen atoms in total. The summed E-state index contributed by atoms with van der Waals surface area (Å²) < 4.78 is 23.7. The third kappa shape index (κ3) is 4.89. The predicted octanol–water partition coefficient (Wildman–Crippen LogP) is 2.06. The van der Waals surface area contributed by atoms with Crippen molar-refractivity contribution < 1.29 is 23.5 Å². The van der Waals surface area contributed by atoms with E-state index in [9.17, 15) is 14.0 Å². The van der Waals surface area contributed by atoms with Crippen LogP contribution in [-0.2, 0) is 25.6 Å². The zero-order chi connectivity index (χ0) is 16.7. The van der Waals surface area contributed by atoms with Crippen molar-refractivity contribution in [1.82, 2.24) is 4.90 Å². The highest BCUT2D eigenvalue weighted by molar-refractivity contribution is 5.94. The fraction of sp³-hybridized carbons (Fsp3) is 0.412. The van der Waals surface area contributed by atoms with Crippen molar-refractivity contribution in [2.75, 3.05) is 20.3 Å². The summed E-state index contributed by atoms with van der Waals surface area (Å²) in [5, 5.41) is 0. The Kier molecular flexibility index (Phi) is 6.29. The van der Waals surface area contributed by atoms with E-state index < -0.39 is 5.97 Å². The maximum atomic E-state index is 13.9. The van der Waals surface area contributed by atoms with Gasteiger partial charge >= 0.3 is 5.97 Å².